The van der Waals surface area contributed by atoms with Gasteiger partial charge in [-0.05, 0) is 31.2 Å². The zero-order valence-corrected chi connectivity index (χ0v) is 8.30. The van der Waals surface area contributed by atoms with Gasteiger partial charge in [-0.3, -0.25) is 0 Å². The van der Waals surface area contributed by atoms with E-state index in [9.17, 15) is 0 Å². The summed E-state index contributed by atoms with van der Waals surface area (Å²) in [5.74, 6) is 0.429. The Morgan fingerprint density at radius 1 is 1.27 bits per heavy atom. The summed E-state index contributed by atoms with van der Waals surface area (Å²) in [4.78, 5) is 0. The van der Waals surface area contributed by atoms with Crippen LogP contribution >= 0.6 is 0 Å². The summed E-state index contributed by atoms with van der Waals surface area (Å²) in [7, 11) is 0. The van der Waals surface area contributed by atoms with Crippen molar-refractivity contribution in [2.75, 3.05) is 12.3 Å². The standard InChI is InChI=1S/C10H11N3O2/c1-2-14-10-13-12-9(15-10)7-3-5-8(11)6-4-7/h3-6H,2,11H2,1H3. The minimum absolute atomic E-state index is 0.185. The molecule has 15 heavy (non-hydrogen) atoms. The molecule has 2 aromatic rings. The molecule has 2 rings (SSSR count). The van der Waals surface area contributed by atoms with Gasteiger partial charge in [0.05, 0.1) is 6.61 Å². The van der Waals surface area contributed by atoms with Crippen LogP contribution in [0.5, 0.6) is 6.08 Å². The van der Waals surface area contributed by atoms with Crippen molar-refractivity contribution in [3.63, 3.8) is 0 Å². The van der Waals surface area contributed by atoms with Crippen LogP contribution < -0.4 is 10.5 Å². The summed E-state index contributed by atoms with van der Waals surface area (Å²) in [6, 6.07) is 7.19. The topological polar surface area (TPSA) is 74.2 Å². The number of rotatable bonds is 3. The number of anilines is 1. The average molecular weight is 205 g/mol. The number of nitrogens with two attached hydrogens (primary N) is 1. The molecule has 5 heteroatoms. The second kappa shape index (κ2) is 4.00. The number of hydrogen-bond acceptors (Lipinski definition) is 5. The summed E-state index contributed by atoms with van der Waals surface area (Å²) in [6.45, 7) is 2.36. The van der Waals surface area contributed by atoms with E-state index in [1.807, 2.05) is 19.1 Å². The van der Waals surface area contributed by atoms with Gasteiger partial charge < -0.3 is 14.9 Å². The molecule has 0 spiro atoms. The predicted molar refractivity (Wildman–Crippen MR) is 55.3 cm³/mol. The van der Waals surface area contributed by atoms with Gasteiger partial charge in [0.2, 0.25) is 0 Å². The van der Waals surface area contributed by atoms with Gasteiger partial charge in [-0.2, -0.15) is 0 Å². The lowest BCUT2D eigenvalue weighted by atomic mass is 10.2. The Morgan fingerprint density at radius 3 is 2.67 bits per heavy atom. The highest BCUT2D eigenvalue weighted by atomic mass is 16.6. The van der Waals surface area contributed by atoms with E-state index in [1.54, 1.807) is 12.1 Å². The zero-order valence-electron chi connectivity index (χ0n) is 8.30. The first-order valence-electron chi connectivity index (χ1n) is 4.62. The normalized spacial score (nSPS) is 10.2. The molecule has 0 aliphatic rings. The molecule has 0 aliphatic heterocycles. The first-order valence-corrected chi connectivity index (χ1v) is 4.62. The lowest BCUT2D eigenvalue weighted by Crippen LogP contribution is -1.90. The van der Waals surface area contributed by atoms with Crippen molar-refractivity contribution in [3.8, 4) is 17.5 Å². The molecule has 1 aromatic heterocycles. The second-order valence-electron chi connectivity index (χ2n) is 2.93. The number of hydrogen-bond donors (Lipinski definition) is 1. The molecule has 78 valence electrons. The van der Waals surface area contributed by atoms with E-state index in [2.05, 4.69) is 10.2 Å². The fourth-order valence-corrected chi connectivity index (χ4v) is 1.13. The third-order valence-corrected chi connectivity index (χ3v) is 1.83. The third kappa shape index (κ3) is 2.07. The second-order valence-corrected chi connectivity index (χ2v) is 2.93. The van der Waals surface area contributed by atoms with Crippen LogP contribution in [0.15, 0.2) is 28.7 Å². The molecule has 0 radical (unpaired) electrons. The number of nitrogens with zero attached hydrogens (tertiary/aromatic N) is 2. The van der Waals surface area contributed by atoms with E-state index in [0.717, 1.165) is 5.56 Å². The van der Waals surface area contributed by atoms with Crippen LogP contribution in [-0.4, -0.2) is 16.8 Å². The molecular weight excluding hydrogens is 194 g/mol. The molecule has 5 nitrogen and oxygen atoms in total. The van der Waals surface area contributed by atoms with E-state index in [4.69, 9.17) is 14.9 Å². The third-order valence-electron chi connectivity index (χ3n) is 1.83. The minimum atomic E-state index is 0.185. The predicted octanol–water partition coefficient (Wildman–Crippen LogP) is 1.72. The molecule has 1 aromatic carbocycles. The highest BCUT2D eigenvalue weighted by molar-refractivity contribution is 5.56. The molecule has 0 saturated heterocycles. The summed E-state index contributed by atoms with van der Waals surface area (Å²) in [5.41, 5.74) is 7.09. The Hall–Kier alpha value is -2.04. The monoisotopic (exact) mass is 205 g/mol. The molecule has 0 amide bonds. The fraction of sp³-hybridized carbons (Fsp3) is 0.200. The van der Waals surface area contributed by atoms with E-state index >= 15 is 0 Å². The van der Waals surface area contributed by atoms with Crippen molar-refractivity contribution in [3.05, 3.63) is 24.3 Å². The summed E-state index contributed by atoms with van der Waals surface area (Å²) in [6.07, 6.45) is 0.185. The molecule has 0 bridgehead atoms. The Labute approximate surface area is 86.9 Å². The van der Waals surface area contributed by atoms with Gasteiger partial charge in [0.15, 0.2) is 0 Å². The van der Waals surface area contributed by atoms with Crippen LogP contribution in [0, 0.1) is 0 Å². The quantitative estimate of drug-likeness (QED) is 0.772. The SMILES string of the molecule is CCOc1nnc(-c2ccc(N)cc2)o1. The van der Waals surface area contributed by atoms with E-state index in [0.29, 0.717) is 18.2 Å². The highest BCUT2D eigenvalue weighted by Crippen LogP contribution is 2.21. The average Bonchev–Trinajstić information content (AvgIpc) is 2.68. The molecule has 0 aliphatic carbocycles. The maximum atomic E-state index is 5.57. The van der Waals surface area contributed by atoms with Gasteiger partial charge in [-0.1, -0.05) is 5.10 Å². The van der Waals surface area contributed by atoms with Gasteiger partial charge in [0.25, 0.3) is 5.89 Å². The van der Waals surface area contributed by atoms with E-state index in [-0.39, 0.29) is 6.08 Å². The van der Waals surface area contributed by atoms with Crippen LogP contribution in [0.3, 0.4) is 0 Å². The van der Waals surface area contributed by atoms with Gasteiger partial charge in [-0.15, -0.1) is 5.10 Å². The van der Waals surface area contributed by atoms with Crippen molar-refractivity contribution in [1.82, 2.24) is 10.2 Å². The van der Waals surface area contributed by atoms with Crippen molar-refractivity contribution in [2.45, 2.75) is 6.92 Å². The molecular formula is C10H11N3O2. The summed E-state index contributed by atoms with van der Waals surface area (Å²) < 4.78 is 10.3. The Balaban J connectivity index is 2.25. The highest BCUT2D eigenvalue weighted by Gasteiger charge is 2.08. The smallest absolute Gasteiger partial charge is 0.414 e. The van der Waals surface area contributed by atoms with Crippen LogP contribution in [0.1, 0.15) is 6.92 Å². The molecule has 0 fully saturated rings. The molecule has 0 saturated carbocycles. The number of ether oxygens (including phenoxy) is 1. The molecule has 0 unspecified atom stereocenters. The van der Waals surface area contributed by atoms with Crippen molar-refractivity contribution >= 4 is 5.69 Å². The number of nitrogen functional groups attached to an aromatic ring is 1. The van der Waals surface area contributed by atoms with E-state index in [1.165, 1.54) is 0 Å². The summed E-state index contributed by atoms with van der Waals surface area (Å²) >= 11 is 0. The lowest BCUT2D eigenvalue weighted by Gasteiger charge is -1.95. The molecule has 2 N–H and O–H groups in total. The van der Waals surface area contributed by atoms with Crippen molar-refractivity contribution in [2.24, 2.45) is 0 Å². The van der Waals surface area contributed by atoms with Gasteiger partial charge in [0.1, 0.15) is 0 Å². The van der Waals surface area contributed by atoms with Gasteiger partial charge in [0, 0.05) is 11.3 Å². The van der Waals surface area contributed by atoms with Crippen LogP contribution in [0.2, 0.25) is 0 Å². The van der Waals surface area contributed by atoms with Crippen LogP contribution in [0.25, 0.3) is 11.5 Å². The number of aromatic nitrogens is 2. The van der Waals surface area contributed by atoms with Crippen molar-refractivity contribution < 1.29 is 9.15 Å². The van der Waals surface area contributed by atoms with Gasteiger partial charge >= 0.3 is 6.08 Å². The first-order chi connectivity index (χ1) is 7.29. The van der Waals surface area contributed by atoms with Crippen molar-refractivity contribution in [1.29, 1.82) is 0 Å². The fourth-order valence-electron chi connectivity index (χ4n) is 1.13. The lowest BCUT2D eigenvalue weighted by molar-refractivity contribution is 0.247. The largest absolute Gasteiger partial charge is 0.449 e. The maximum absolute atomic E-state index is 5.57. The first kappa shape index (κ1) is 9.51. The Kier molecular flexibility index (Phi) is 2.53. The summed E-state index contributed by atoms with van der Waals surface area (Å²) in [5, 5.41) is 7.59. The van der Waals surface area contributed by atoms with Crippen LogP contribution in [0.4, 0.5) is 5.69 Å². The maximum Gasteiger partial charge on any atom is 0.414 e. The number of benzene rings is 1. The van der Waals surface area contributed by atoms with E-state index < -0.39 is 0 Å². The molecule has 1 heterocycles. The Bertz CT molecular complexity index is 436. The van der Waals surface area contributed by atoms with Gasteiger partial charge in [-0.25, -0.2) is 0 Å². The Morgan fingerprint density at radius 2 is 2.00 bits per heavy atom. The minimum Gasteiger partial charge on any atom is -0.449 e. The molecule has 0 atom stereocenters. The van der Waals surface area contributed by atoms with Crippen LogP contribution in [-0.2, 0) is 0 Å². The zero-order chi connectivity index (χ0) is 10.7.